The number of hydrogen-bond donors (Lipinski definition) is 2. The molecule has 0 saturated carbocycles. The molecular formula is C26H34F8N2O3S. The van der Waals surface area contributed by atoms with Gasteiger partial charge in [-0.25, -0.2) is 0 Å². The molecule has 1 rings (SSSR count). The lowest BCUT2D eigenvalue weighted by Crippen LogP contribution is -2.40. The highest BCUT2D eigenvalue weighted by atomic mass is 32.2. The van der Waals surface area contributed by atoms with Crippen molar-refractivity contribution in [2.24, 2.45) is 0 Å². The Morgan fingerprint density at radius 2 is 1.43 bits per heavy atom. The molecule has 0 bridgehead atoms. The monoisotopic (exact) mass is 606 g/mol. The fourth-order valence-corrected chi connectivity index (χ4v) is 5.02. The zero-order valence-corrected chi connectivity index (χ0v) is 22.9. The summed E-state index contributed by atoms with van der Waals surface area (Å²) in [4.78, 5) is 12.4. The summed E-state index contributed by atoms with van der Waals surface area (Å²) < 4.78 is 113. The van der Waals surface area contributed by atoms with E-state index in [1.165, 1.54) is 13.0 Å². The van der Waals surface area contributed by atoms with Gasteiger partial charge in [-0.2, -0.15) is 40.4 Å². The van der Waals surface area contributed by atoms with E-state index >= 15 is 0 Å². The van der Waals surface area contributed by atoms with Crippen molar-refractivity contribution in [1.82, 2.24) is 0 Å². The van der Waals surface area contributed by atoms with E-state index in [2.05, 4.69) is 5.32 Å². The third-order valence-corrected chi connectivity index (χ3v) is 7.74. The van der Waals surface area contributed by atoms with E-state index < -0.39 is 64.9 Å². The first kappa shape index (κ1) is 35.9. The van der Waals surface area contributed by atoms with Gasteiger partial charge in [-0.3, -0.25) is 4.79 Å². The number of nitrogens with one attached hydrogen (secondary N) is 1. The van der Waals surface area contributed by atoms with E-state index in [4.69, 9.17) is 5.26 Å². The maximum absolute atomic E-state index is 13.1. The molecule has 228 valence electrons. The summed E-state index contributed by atoms with van der Waals surface area (Å²) in [6, 6.07) is 4.18. The van der Waals surface area contributed by atoms with Crippen molar-refractivity contribution in [1.29, 1.82) is 5.26 Å². The number of anilines is 1. The number of hydrogen-bond acceptors (Lipinski definition) is 4. The van der Waals surface area contributed by atoms with Gasteiger partial charge in [0.1, 0.15) is 17.1 Å². The van der Waals surface area contributed by atoms with E-state index in [1.807, 2.05) is 0 Å². The van der Waals surface area contributed by atoms with Crippen molar-refractivity contribution in [2.45, 2.75) is 101 Å². The third kappa shape index (κ3) is 12.6. The molecule has 1 unspecified atom stereocenters. The number of rotatable bonds is 17. The summed E-state index contributed by atoms with van der Waals surface area (Å²) in [5.41, 5.74) is -3.78. The molecule has 0 spiro atoms. The van der Waals surface area contributed by atoms with E-state index in [0.29, 0.717) is 25.3 Å². The van der Waals surface area contributed by atoms with E-state index in [1.54, 1.807) is 0 Å². The van der Waals surface area contributed by atoms with E-state index in [-0.39, 0.29) is 23.6 Å². The van der Waals surface area contributed by atoms with Gasteiger partial charge in [0.2, 0.25) is 0 Å². The lowest BCUT2D eigenvalue weighted by Gasteiger charge is -2.22. The van der Waals surface area contributed by atoms with Crippen LogP contribution in [0.1, 0.15) is 88.7 Å². The number of nitrogens with zero attached hydrogens (tertiary/aromatic N) is 1. The fraction of sp³-hybridized carbons (Fsp3) is 0.692. The second-order valence-electron chi connectivity index (χ2n) is 9.83. The van der Waals surface area contributed by atoms with Gasteiger partial charge in [0.25, 0.3) is 5.91 Å². The van der Waals surface area contributed by atoms with Crippen LogP contribution >= 0.6 is 0 Å². The van der Waals surface area contributed by atoms with Gasteiger partial charge in [0, 0.05) is 12.1 Å². The molecule has 1 amide bonds. The number of nitriles is 1. The molecule has 14 heteroatoms. The van der Waals surface area contributed by atoms with Gasteiger partial charge in [-0.15, -0.1) is 0 Å². The van der Waals surface area contributed by atoms with E-state index in [9.17, 15) is 49.6 Å². The Morgan fingerprint density at radius 3 is 1.95 bits per heavy atom. The number of amides is 1. The minimum Gasteiger partial charge on any atom is -0.616 e. The number of benzene rings is 1. The van der Waals surface area contributed by atoms with Crippen LogP contribution in [0.4, 0.5) is 40.8 Å². The van der Waals surface area contributed by atoms with Crippen molar-refractivity contribution in [3.8, 4) is 6.07 Å². The SMILES string of the molecule is C[C@@](O)(CCCCCCCCCC[S+]([O-])CCCC(F)(F)C(F)(F)F)C(=O)Nc1ccc(C#N)c(C(F)(F)F)c1. The molecule has 0 aliphatic carbocycles. The molecule has 0 saturated heterocycles. The Bertz CT molecular complexity index is 978. The van der Waals surface area contributed by atoms with Gasteiger partial charge in [-0.05, 0) is 50.8 Å². The Balaban J connectivity index is 2.21. The highest BCUT2D eigenvalue weighted by molar-refractivity contribution is 7.91. The largest absolute Gasteiger partial charge is 0.616 e. The predicted octanol–water partition coefficient (Wildman–Crippen LogP) is 7.50. The van der Waals surface area contributed by atoms with Crippen LogP contribution in [0.5, 0.6) is 0 Å². The molecule has 2 N–H and O–H groups in total. The molecule has 40 heavy (non-hydrogen) atoms. The average molecular weight is 607 g/mol. The van der Waals surface area contributed by atoms with Crippen molar-refractivity contribution in [3.05, 3.63) is 29.3 Å². The van der Waals surface area contributed by atoms with Crippen molar-refractivity contribution in [3.63, 3.8) is 0 Å². The summed E-state index contributed by atoms with van der Waals surface area (Å²) in [7, 11) is 0. The van der Waals surface area contributed by atoms with Crippen LogP contribution in [0.2, 0.25) is 0 Å². The van der Waals surface area contributed by atoms with Crippen LogP contribution in [0, 0.1) is 11.3 Å². The summed E-state index contributed by atoms with van der Waals surface area (Å²) >= 11 is -1.45. The Hall–Kier alpha value is -2.11. The minimum absolute atomic E-state index is 0.0853. The molecular weight excluding hydrogens is 572 g/mol. The van der Waals surface area contributed by atoms with Gasteiger partial charge < -0.3 is 15.0 Å². The Labute approximate surface area is 231 Å². The second-order valence-corrected chi connectivity index (χ2v) is 11.5. The molecule has 0 radical (unpaired) electrons. The number of alkyl halides is 8. The van der Waals surface area contributed by atoms with Crippen LogP contribution in [0.15, 0.2) is 18.2 Å². The van der Waals surface area contributed by atoms with Gasteiger partial charge >= 0.3 is 18.3 Å². The van der Waals surface area contributed by atoms with Crippen LogP contribution in [0.25, 0.3) is 0 Å². The third-order valence-electron chi connectivity index (χ3n) is 6.26. The van der Waals surface area contributed by atoms with Gasteiger partial charge in [0.05, 0.1) is 17.2 Å². The summed E-state index contributed by atoms with van der Waals surface area (Å²) in [5, 5.41) is 21.6. The maximum atomic E-state index is 13.1. The molecule has 0 aliphatic heterocycles. The topological polar surface area (TPSA) is 96.2 Å². The normalized spacial score (nSPS) is 14.8. The maximum Gasteiger partial charge on any atom is 0.453 e. The van der Waals surface area contributed by atoms with E-state index in [0.717, 1.165) is 44.2 Å². The Kier molecular flexibility index (Phi) is 14.2. The standard InChI is InChI=1S/C26H34F8N2O3S/c1-23(38,22(37)36-20-12-11-19(18-35)21(17-20)25(29,30)31)13-8-6-4-2-3-5-7-9-15-40(39)16-10-14-24(27,28)26(32,33)34/h11-12,17,38H,2-10,13-16H2,1H3,(H,36,37)/t23-,40?/m1/s1. The van der Waals surface area contributed by atoms with Crippen LogP contribution < -0.4 is 5.32 Å². The lowest BCUT2D eigenvalue weighted by atomic mass is 9.96. The smallest absolute Gasteiger partial charge is 0.453 e. The number of aliphatic hydroxyl groups is 1. The quantitative estimate of drug-likeness (QED) is 0.109. The highest BCUT2D eigenvalue weighted by Crippen LogP contribution is 2.39. The molecule has 0 aliphatic rings. The first-order chi connectivity index (χ1) is 18.4. The number of carbonyl (C=O) groups excluding carboxylic acids is 1. The lowest BCUT2D eigenvalue weighted by molar-refractivity contribution is -0.284. The Morgan fingerprint density at radius 1 is 0.900 bits per heavy atom. The molecule has 0 aromatic heterocycles. The minimum atomic E-state index is -5.60. The van der Waals surface area contributed by atoms with Crippen molar-refractivity contribution < 1.29 is 49.6 Å². The first-order valence-electron chi connectivity index (χ1n) is 12.9. The highest BCUT2D eigenvalue weighted by Gasteiger charge is 2.56. The molecule has 1 aromatic rings. The summed E-state index contributed by atoms with van der Waals surface area (Å²) in [6.45, 7) is 1.27. The molecule has 2 atom stereocenters. The summed E-state index contributed by atoms with van der Waals surface area (Å²) in [6.07, 6.45) is -6.27. The van der Waals surface area contributed by atoms with Crippen LogP contribution in [-0.2, 0) is 22.1 Å². The van der Waals surface area contributed by atoms with Crippen LogP contribution in [0.3, 0.4) is 0 Å². The fourth-order valence-electron chi connectivity index (χ4n) is 3.83. The van der Waals surface area contributed by atoms with Crippen molar-refractivity contribution >= 4 is 22.8 Å². The zero-order valence-electron chi connectivity index (χ0n) is 22.1. The summed E-state index contributed by atoms with van der Waals surface area (Å²) in [5.74, 6) is -5.59. The zero-order chi connectivity index (χ0) is 30.6. The number of halogens is 8. The van der Waals surface area contributed by atoms with Crippen molar-refractivity contribution in [2.75, 3.05) is 16.8 Å². The molecule has 1 aromatic carbocycles. The average Bonchev–Trinajstić information content (AvgIpc) is 2.83. The predicted molar refractivity (Wildman–Crippen MR) is 135 cm³/mol. The number of unbranched alkanes of at least 4 members (excludes halogenated alkanes) is 7. The first-order valence-corrected chi connectivity index (χ1v) is 14.3. The van der Waals surface area contributed by atoms with Crippen LogP contribution in [-0.4, -0.2) is 44.8 Å². The number of carbonyl (C=O) groups is 1. The molecule has 5 nitrogen and oxygen atoms in total. The van der Waals surface area contributed by atoms with Gasteiger partial charge in [-0.1, -0.05) is 49.7 Å². The molecule has 0 fully saturated rings. The second kappa shape index (κ2) is 15.8. The molecule has 0 heterocycles. The van der Waals surface area contributed by atoms with Gasteiger partial charge in [0.15, 0.2) is 0 Å².